The van der Waals surface area contributed by atoms with Crippen LogP contribution in [-0.2, 0) is 6.54 Å². The van der Waals surface area contributed by atoms with Crippen molar-refractivity contribution in [1.29, 1.82) is 0 Å². The SMILES string of the molecule is Cc1c(Oc2ccc(-n3ncn(Cc4c(F)cccc4F)c3=O)cc2F)ccnc1N1CC(C)(N)C1. The van der Waals surface area contributed by atoms with Gasteiger partial charge in [0.15, 0.2) is 11.6 Å². The number of halogens is 3. The third-order valence-corrected chi connectivity index (χ3v) is 6.03. The Hall–Kier alpha value is -4.12. The fraction of sp³-hybridized carbons (Fsp3) is 0.240. The normalized spacial score (nSPS) is 14.6. The zero-order chi connectivity index (χ0) is 25.6. The highest BCUT2D eigenvalue weighted by Gasteiger charge is 2.36. The molecule has 1 aliphatic rings. The highest BCUT2D eigenvalue weighted by atomic mass is 19.1. The number of benzene rings is 2. The largest absolute Gasteiger partial charge is 0.454 e. The number of nitrogens with zero attached hydrogens (tertiary/aromatic N) is 5. The fourth-order valence-electron chi connectivity index (χ4n) is 4.21. The number of rotatable bonds is 6. The number of nitrogens with two attached hydrogens (primary N) is 1. The van der Waals surface area contributed by atoms with Gasteiger partial charge in [-0.2, -0.15) is 9.78 Å². The van der Waals surface area contributed by atoms with Gasteiger partial charge in [0.1, 0.15) is 29.5 Å². The predicted octanol–water partition coefficient (Wildman–Crippen LogP) is 3.53. The molecule has 11 heteroatoms. The summed E-state index contributed by atoms with van der Waals surface area (Å²) in [7, 11) is 0. The molecule has 0 bridgehead atoms. The van der Waals surface area contributed by atoms with E-state index in [2.05, 4.69) is 10.1 Å². The highest BCUT2D eigenvalue weighted by molar-refractivity contribution is 5.56. The molecule has 1 aliphatic heterocycles. The molecule has 4 aromatic rings. The van der Waals surface area contributed by atoms with Gasteiger partial charge in [-0.1, -0.05) is 6.07 Å². The molecule has 0 spiro atoms. The lowest BCUT2D eigenvalue weighted by Crippen LogP contribution is -2.66. The van der Waals surface area contributed by atoms with Crippen LogP contribution < -0.4 is 21.1 Å². The molecule has 0 aliphatic carbocycles. The number of hydrogen-bond acceptors (Lipinski definition) is 6. The summed E-state index contributed by atoms with van der Waals surface area (Å²) in [5.74, 6) is -1.16. The Kier molecular flexibility index (Phi) is 5.79. The monoisotopic (exact) mass is 496 g/mol. The van der Waals surface area contributed by atoms with Gasteiger partial charge in [-0.15, -0.1) is 0 Å². The molecule has 8 nitrogen and oxygen atoms in total. The van der Waals surface area contributed by atoms with E-state index in [0.29, 0.717) is 18.8 Å². The first-order valence-electron chi connectivity index (χ1n) is 11.2. The number of pyridine rings is 1. The molecule has 2 N–H and O–H groups in total. The average molecular weight is 496 g/mol. The Bertz CT molecular complexity index is 1490. The molecule has 3 heterocycles. The van der Waals surface area contributed by atoms with Crippen molar-refractivity contribution in [2.45, 2.75) is 25.9 Å². The van der Waals surface area contributed by atoms with Crippen LogP contribution in [0.3, 0.4) is 0 Å². The Morgan fingerprint density at radius 2 is 1.78 bits per heavy atom. The maximum absolute atomic E-state index is 15.0. The van der Waals surface area contributed by atoms with Gasteiger partial charge in [-0.3, -0.25) is 4.57 Å². The molecule has 36 heavy (non-hydrogen) atoms. The Labute approximate surface area is 204 Å². The van der Waals surface area contributed by atoms with Crippen molar-refractivity contribution in [2.24, 2.45) is 5.73 Å². The fourth-order valence-corrected chi connectivity index (χ4v) is 4.21. The van der Waals surface area contributed by atoms with Crippen LogP contribution in [0.4, 0.5) is 19.0 Å². The number of anilines is 1. The zero-order valence-electron chi connectivity index (χ0n) is 19.6. The van der Waals surface area contributed by atoms with Crippen LogP contribution in [0.15, 0.2) is 59.8 Å². The minimum absolute atomic E-state index is 0.0489. The van der Waals surface area contributed by atoms with Gasteiger partial charge in [-0.25, -0.2) is 22.9 Å². The van der Waals surface area contributed by atoms with E-state index in [1.807, 2.05) is 18.7 Å². The minimum Gasteiger partial charge on any atom is -0.454 e. The molecular weight excluding hydrogens is 473 g/mol. The summed E-state index contributed by atoms with van der Waals surface area (Å²) in [4.78, 5) is 19.2. The van der Waals surface area contributed by atoms with Gasteiger partial charge < -0.3 is 15.4 Å². The summed E-state index contributed by atoms with van der Waals surface area (Å²) in [6.45, 7) is 4.74. The molecule has 1 fully saturated rings. The topological polar surface area (TPSA) is 91.2 Å². The van der Waals surface area contributed by atoms with Crippen molar-refractivity contribution in [3.63, 3.8) is 0 Å². The summed E-state index contributed by atoms with van der Waals surface area (Å²) < 4.78 is 50.7. The lowest BCUT2D eigenvalue weighted by atomic mass is 9.93. The summed E-state index contributed by atoms with van der Waals surface area (Å²) in [5.41, 5.74) is 5.74. The van der Waals surface area contributed by atoms with Gasteiger partial charge in [0, 0.05) is 42.0 Å². The standard InChI is InChI=1S/C25H23F3N6O2/c1-15-21(8-9-30-23(15)33-12-25(2,29)13-33)36-22-7-6-16(10-20(22)28)34-24(35)32(14-31-34)11-17-18(26)4-3-5-19(17)27/h3-10,14H,11-13,29H2,1-2H3. The Balaban J connectivity index is 1.37. The van der Waals surface area contributed by atoms with E-state index in [4.69, 9.17) is 10.5 Å². The lowest BCUT2D eigenvalue weighted by Gasteiger charge is -2.46. The maximum atomic E-state index is 15.0. The Morgan fingerprint density at radius 1 is 1.06 bits per heavy atom. The van der Waals surface area contributed by atoms with Crippen LogP contribution in [0.25, 0.3) is 5.69 Å². The van der Waals surface area contributed by atoms with Crippen LogP contribution >= 0.6 is 0 Å². The molecule has 2 aromatic carbocycles. The predicted molar refractivity (Wildman–Crippen MR) is 127 cm³/mol. The van der Waals surface area contributed by atoms with Gasteiger partial charge in [0.05, 0.1) is 12.2 Å². The lowest BCUT2D eigenvalue weighted by molar-refractivity contribution is 0.361. The highest BCUT2D eigenvalue weighted by Crippen LogP contribution is 2.34. The first-order valence-corrected chi connectivity index (χ1v) is 11.2. The summed E-state index contributed by atoms with van der Waals surface area (Å²) in [6, 6.07) is 9.04. The van der Waals surface area contributed by atoms with Crippen LogP contribution in [0.1, 0.15) is 18.1 Å². The third kappa shape index (κ3) is 4.33. The van der Waals surface area contributed by atoms with E-state index in [9.17, 15) is 18.0 Å². The molecule has 0 atom stereocenters. The molecule has 2 aromatic heterocycles. The van der Waals surface area contributed by atoms with Gasteiger partial charge in [0.25, 0.3) is 0 Å². The third-order valence-electron chi connectivity index (χ3n) is 6.03. The summed E-state index contributed by atoms with van der Waals surface area (Å²) in [6.07, 6.45) is 2.72. The van der Waals surface area contributed by atoms with E-state index in [-0.39, 0.29) is 29.1 Å². The van der Waals surface area contributed by atoms with E-state index in [1.54, 1.807) is 12.3 Å². The van der Waals surface area contributed by atoms with Crippen molar-refractivity contribution >= 4 is 5.82 Å². The summed E-state index contributed by atoms with van der Waals surface area (Å²) in [5, 5.41) is 3.96. The number of hydrogen-bond donors (Lipinski definition) is 1. The minimum atomic E-state index is -0.775. The first kappa shape index (κ1) is 23.6. The van der Waals surface area contributed by atoms with Crippen molar-refractivity contribution < 1.29 is 17.9 Å². The molecule has 0 saturated carbocycles. The second-order valence-corrected chi connectivity index (χ2v) is 9.14. The Morgan fingerprint density at radius 3 is 2.44 bits per heavy atom. The quantitative estimate of drug-likeness (QED) is 0.439. The second kappa shape index (κ2) is 8.83. The van der Waals surface area contributed by atoms with E-state index in [0.717, 1.165) is 45.2 Å². The first-order chi connectivity index (χ1) is 17.1. The van der Waals surface area contributed by atoms with Crippen molar-refractivity contribution in [2.75, 3.05) is 18.0 Å². The van der Waals surface area contributed by atoms with Crippen LogP contribution in [0.5, 0.6) is 11.5 Å². The molecule has 0 amide bonds. The van der Waals surface area contributed by atoms with Crippen molar-refractivity contribution in [3.05, 3.63) is 94.1 Å². The van der Waals surface area contributed by atoms with E-state index < -0.39 is 23.1 Å². The number of ether oxygens (including phenoxy) is 1. The molecular formula is C25H23F3N6O2. The molecule has 1 saturated heterocycles. The second-order valence-electron chi connectivity index (χ2n) is 9.14. The number of aromatic nitrogens is 4. The average Bonchev–Trinajstić information content (AvgIpc) is 3.17. The van der Waals surface area contributed by atoms with Crippen LogP contribution in [-0.4, -0.2) is 38.0 Å². The molecule has 186 valence electrons. The van der Waals surface area contributed by atoms with Crippen molar-refractivity contribution in [1.82, 2.24) is 19.3 Å². The van der Waals surface area contributed by atoms with E-state index in [1.165, 1.54) is 18.2 Å². The van der Waals surface area contributed by atoms with Crippen molar-refractivity contribution in [3.8, 4) is 17.2 Å². The van der Waals surface area contributed by atoms with Gasteiger partial charge in [-0.05, 0) is 44.2 Å². The molecule has 0 radical (unpaired) electrons. The zero-order valence-corrected chi connectivity index (χ0v) is 19.6. The maximum Gasteiger partial charge on any atom is 0.350 e. The smallest absolute Gasteiger partial charge is 0.350 e. The molecule has 0 unspecified atom stereocenters. The van der Waals surface area contributed by atoms with Gasteiger partial charge in [0.2, 0.25) is 0 Å². The van der Waals surface area contributed by atoms with Crippen LogP contribution in [0.2, 0.25) is 0 Å². The van der Waals surface area contributed by atoms with E-state index >= 15 is 0 Å². The molecule has 5 rings (SSSR count). The summed E-state index contributed by atoms with van der Waals surface area (Å²) >= 11 is 0. The van der Waals surface area contributed by atoms with Crippen LogP contribution in [0, 0.1) is 24.4 Å². The van der Waals surface area contributed by atoms with Gasteiger partial charge >= 0.3 is 5.69 Å².